The van der Waals surface area contributed by atoms with Gasteiger partial charge in [-0.1, -0.05) is 50.6 Å². The van der Waals surface area contributed by atoms with Crippen molar-refractivity contribution in [2.45, 2.75) is 38.7 Å². The van der Waals surface area contributed by atoms with E-state index in [1.165, 1.54) is 6.42 Å². The molecule has 2 rings (SSSR count). The fraction of sp³-hybridized carbons (Fsp3) is 0.571. The van der Waals surface area contributed by atoms with Gasteiger partial charge in [0.15, 0.2) is 0 Å². The number of hydrogen-bond donors (Lipinski definition) is 1. The standard InChI is InChI=1S/C14H20O/c1-11-7-6-10-14(15,12(11)2)13-8-4-3-5-9-13/h3-5,8-9,11-12,15H,6-7,10H2,1-2H3. The van der Waals surface area contributed by atoms with E-state index in [1.54, 1.807) is 0 Å². The van der Waals surface area contributed by atoms with Gasteiger partial charge in [0, 0.05) is 0 Å². The minimum absolute atomic E-state index is 0.355. The van der Waals surface area contributed by atoms with Gasteiger partial charge in [-0.25, -0.2) is 0 Å². The molecule has 1 aliphatic rings. The van der Waals surface area contributed by atoms with Crippen molar-refractivity contribution in [2.75, 3.05) is 0 Å². The van der Waals surface area contributed by atoms with E-state index >= 15 is 0 Å². The molecule has 0 spiro atoms. The molecular weight excluding hydrogens is 184 g/mol. The SMILES string of the molecule is CC1CCCC(O)(c2ccccc2)C1C. The highest BCUT2D eigenvalue weighted by Crippen LogP contribution is 2.44. The van der Waals surface area contributed by atoms with Crippen LogP contribution in [0.3, 0.4) is 0 Å². The molecule has 1 N–H and O–H groups in total. The predicted octanol–water partition coefficient (Wildman–Crippen LogP) is 3.33. The summed E-state index contributed by atoms with van der Waals surface area (Å²) in [7, 11) is 0. The van der Waals surface area contributed by atoms with E-state index in [1.807, 2.05) is 18.2 Å². The smallest absolute Gasteiger partial charge is 0.0924 e. The maximum Gasteiger partial charge on any atom is 0.0924 e. The Bertz CT molecular complexity index is 319. The lowest BCUT2D eigenvalue weighted by Crippen LogP contribution is -2.40. The largest absolute Gasteiger partial charge is 0.385 e. The Kier molecular flexibility index (Phi) is 2.83. The number of rotatable bonds is 1. The summed E-state index contributed by atoms with van der Waals surface area (Å²) in [6.07, 6.45) is 3.29. The van der Waals surface area contributed by atoms with E-state index in [0.29, 0.717) is 11.8 Å². The molecule has 1 fully saturated rings. The first-order valence-corrected chi connectivity index (χ1v) is 5.92. The topological polar surface area (TPSA) is 20.2 Å². The molecule has 82 valence electrons. The zero-order valence-corrected chi connectivity index (χ0v) is 9.61. The number of hydrogen-bond acceptors (Lipinski definition) is 1. The average Bonchev–Trinajstić information content (AvgIpc) is 2.27. The van der Waals surface area contributed by atoms with Crippen molar-refractivity contribution in [3.8, 4) is 0 Å². The van der Waals surface area contributed by atoms with Crippen molar-refractivity contribution >= 4 is 0 Å². The van der Waals surface area contributed by atoms with Gasteiger partial charge in [0.05, 0.1) is 5.60 Å². The van der Waals surface area contributed by atoms with Crippen molar-refractivity contribution < 1.29 is 5.11 Å². The molecule has 0 saturated heterocycles. The third-order valence-electron chi connectivity index (χ3n) is 4.10. The summed E-state index contributed by atoms with van der Waals surface area (Å²) >= 11 is 0. The quantitative estimate of drug-likeness (QED) is 0.744. The molecule has 0 bridgehead atoms. The maximum absolute atomic E-state index is 10.8. The highest BCUT2D eigenvalue weighted by atomic mass is 16.3. The van der Waals surface area contributed by atoms with Crippen LogP contribution in [0, 0.1) is 11.8 Å². The summed E-state index contributed by atoms with van der Waals surface area (Å²) in [4.78, 5) is 0. The average molecular weight is 204 g/mol. The molecule has 0 aromatic heterocycles. The molecule has 1 saturated carbocycles. The van der Waals surface area contributed by atoms with Gasteiger partial charge in [-0.3, -0.25) is 0 Å². The molecule has 1 aliphatic carbocycles. The third kappa shape index (κ3) is 1.81. The van der Waals surface area contributed by atoms with Crippen LogP contribution in [0.4, 0.5) is 0 Å². The molecule has 15 heavy (non-hydrogen) atoms. The van der Waals surface area contributed by atoms with Gasteiger partial charge in [-0.15, -0.1) is 0 Å². The van der Waals surface area contributed by atoms with Gasteiger partial charge < -0.3 is 5.11 Å². The highest BCUT2D eigenvalue weighted by Gasteiger charge is 2.40. The van der Waals surface area contributed by atoms with E-state index in [0.717, 1.165) is 18.4 Å². The van der Waals surface area contributed by atoms with Crippen molar-refractivity contribution in [3.05, 3.63) is 35.9 Å². The first kappa shape index (κ1) is 10.7. The molecule has 0 aliphatic heterocycles. The van der Waals surface area contributed by atoms with Crippen LogP contribution in [-0.4, -0.2) is 5.11 Å². The lowest BCUT2D eigenvalue weighted by atomic mass is 9.67. The third-order valence-corrected chi connectivity index (χ3v) is 4.10. The Morgan fingerprint density at radius 2 is 1.87 bits per heavy atom. The molecule has 1 heteroatoms. The second-order valence-corrected chi connectivity index (χ2v) is 4.95. The Morgan fingerprint density at radius 3 is 2.53 bits per heavy atom. The summed E-state index contributed by atoms with van der Waals surface area (Å²) in [5, 5.41) is 10.8. The van der Waals surface area contributed by atoms with E-state index in [4.69, 9.17) is 0 Å². The van der Waals surface area contributed by atoms with Gasteiger partial charge >= 0.3 is 0 Å². The molecular formula is C14H20O. The molecule has 1 aromatic rings. The highest BCUT2D eigenvalue weighted by molar-refractivity contribution is 5.23. The predicted molar refractivity (Wildman–Crippen MR) is 62.5 cm³/mol. The van der Waals surface area contributed by atoms with E-state index < -0.39 is 5.60 Å². The van der Waals surface area contributed by atoms with Gasteiger partial charge in [0.25, 0.3) is 0 Å². The number of benzene rings is 1. The van der Waals surface area contributed by atoms with Crippen molar-refractivity contribution in [1.82, 2.24) is 0 Å². The van der Waals surface area contributed by atoms with E-state index in [-0.39, 0.29) is 0 Å². The van der Waals surface area contributed by atoms with Gasteiger partial charge in [0.2, 0.25) is 0 Å². The summed E-state index contributed by atoms with van der Waals surface area (Å²) in [6, 6.07) is 10.1. The minimum atomic E-state index is -0.598. The van der Waals surface area contributed by atoms with Crippen LogP contribution in [0.25, 0.3) is 0 Å². The Morgan fingerprint density at radius 1 is 1.20 bits per heavy atom. The summed E-state index contributed by atoms with van der Waals surface area (Å²) in [5.41, 5.74) is 0.489. The normalized spacial score (nSPS) is 36.5. The second kappa shape index (κ2) is 3.97. The van der Waals surface area contributed by atoms with Crippen LogP contribution in [0.5, 0.6) is 0 Å². The molecule has 1 nitrogen and oxygen atoms in total. The zero-order chi connectivity index (χ0) is 10.9. The van der Waals surface area contributed by atoms with Gasteiger partial charge in [-0.05, 0) is 30.2 Å². The summed E-state index contributed by atoms with van der Waals surface area (Å²) in [6.45, 7) is 4.43. The van der Waals surface area contributed by atoms with Crippen LogP contribution in [0.2, 0.25) is 0 Å². The Balaban J connectivity index is 2.32. The van der Waals surface area contributed by atoms with E-state index in [9.17, 15) is 5.11 Å². The first-order chi connectivity index (χ1) is 7.14. The van der Waals surface area contributed by atoms with Crippen LogP contribution < -0.4 is 0 Å². The zero-order valence-electron chi connectivity index (χ0n) is 9.61. The molecule has 1 aromatic carbocycles. The molecule has 0 radical (unpaired) electrons. The fourth-order valence-electron chi connectivity index (χ4n) is 2.78. The van der Waals surface area contributed by atoms with Crippen LogP contribution >= 0.6 is 0 Å². The van der Waals surface area contributed by atoms with E-state index in [2.05, 4.69) is 26.0 Å². The summed E-state index contributed by atoms with van der Waals surface area (Å²) in [5.74, 6) is 0.970. The van der Waals surface area contributed by atoms with Gasteiger partial charge in [0.1, 0.15) is 0 Å². The number of aliphatic hydroxyl groups is 1. The van der Waals surface area contributed by atoms with Crippen LogP contribution in [0.1, 0.15) is 38.7 Å². The summed E-state index contributed by atoms with van der Waals surface area (Å²) < 4.78 is 0. The lowest BCUT2D eigenvalue weighted by molar-refractivity contribution is -0.0688. The Hall–Kier alpha value is -0.820. The fourth-order valence-corrected chi connectivity index (χ4v) is 2.78. The monoisotopic (exact) mass is 204 g/mol. The first-order valence-electron chi connectivity index (χ1n) is 5.92. The van der Waals surface area contributed by atoms with Crippen molar-refractivity contribution in [1.29, 1.82) is 0 Å². The van der Waals surface area contributed by atoms with Gasteiger partial charge in [-0.2, -0.15) is 0 Å². The van der Waals surface area contributed by atoms with Crippen LogP contribution in [0.15, 0.2) is 30.3 Å². The lowest BCUT2D eigenvalue weighted by Gasteiger charge is -2.42. The second-order valence-electron chi connectivity index (χ2n) is 4.95. The van der Waals surface area contributed by atoms with Crippen molar-refractivity contribution in [2.24, 2.45) is 11.8 Å². The Labute approximate surface area is 92.1 Å². The van der Waals surface area contributed by atoms with Crippen LogP contribution in [-0.2, 0) is 5.60 Å². The molecule has 3 unspecified atom stereocenters. The minimum Gasteiger partial charge on any atom is -0.385 e. The van der Waals surface area contributed by atoms with Crippen molar-refractivity contribution in [3.63, 3.8) is 0 Å². The molecule has 0 heterocycles. The molecule has 0 amide bonds. The maximum atomic E-state index is 10.8. The molecule has 3 atom stereocenters.